The van der Waals surface area contributed by atoms with E-state index in [1.807, 2.05) is 41.3 Å². The molecule has 0 bridgehead atoms. The Labute approximate surface area is 165 Å². The van der Waals surface area contributed by atoms with Crippen LogP contribution in [0.15, 0.2) is 60.9 Å². The number of aromatic nitrogens is 1. The molecule has 1 amide bonds. The lowest BCUT2D eigenvalue weighted by molar-refractivity contribution is -0.128. The van der Waals surface area contributed by atoms with Gasteiger partial charge in [-0.1, -0.05) is 24.8 Å². The Bertz CT molecular complexity index is 892. The Balaban J connectivity index is 1.37. The van der Waals surface area contributed by atoms with Crippen LogP contribution >= 0.6 is 0 Å². The molecule has 4 rings (SSSR count). The van der Waals surface area contributed by atoms with Gasteiger partial charge in [0.2, 0.25) is 5.91 Å². The van der Waals surface area contributed by atoms with Crippen LogP contribution in [0.1, 0.15) is 30.4 Å². The van der Waals surface area contributed by atoms with Crippen LogP contribution in [-0.4, -0.2) is 35.0 Å². The summed E-state index contributed by atoms with van der Waals surface area (Å²) in [6, 6.07) is 11.9. The molecule has 5 nitrogen and oxygen atoms in total. The first-order chi connectivity index (χ1) is 13.7. The van der Waals surface area contributed by atoms with Gasteiger partial charge in [0.05, 0.1) is 6.54 Å². The maximum absolute atomic E-state index is 12.6. The molecule has 1 aromatic heterocycles. The molecular weight excluding hydrogens is 350 g/mol. The van der Waals surface area contributed by atoms with Crippen molar-refractivity contribution in [2.24, 2.45) is 0 Å². The zero-order valence-electron chi connectivity index (χ0n) is 15.9. The molecule has 0 saturated carbocycles. The average Bonchev–Trinajstić information content (AvgIpc) is 2.73. The summed E-state index contributed by atoms with van der Waals surface area (Å²) in [6.45, 7) is 5.34. The SMILES string of the molecule is C=C1CCc2cc(/C=C/C(=O)N3CCCC(Oc4ccccc4)C3)cnc2N1. The van der Waals surface area contributed by atoms with E-state index in [0.717, 1.165) is 60.6 Å². The number of carbonyl (C=O) groups excluding carboxylic acids is 1. The van der Waals surface area contributed by atoms with Gasteiger partial charge in [0.1, 0.15) is 17.7 Å². The van der Waals surface area contributed by atoms with Gasteiger partial charge in [0.25, 0.3) is 0 Å². The highest BCUT2D eigenvalue weighted by molar-refractivity contribution is 5.91. The number of pyridine rings is 1. The predicted octanol–water partition coefficient (Wildman–Crippen LogP) is 4.04. The third-order valence-electron chi connectivity index (χ3n) is 5.13. The second-order valence-corrected chi connectivity index (χ2v) is 7.32. The highest BCUT2D eigenvalue weighted by atomic mass is 16.5. The van der Waals surface area contributed by atoms with Crippen molar-refractivity contribution in [3.8, 4) is 5.75 Å². The monoisotopic (exact) mass is 375 g/mol. The van der Waals surface area contributed by atoms with Crippen LogP contribution in [-0.2, 0) is 11.2 Å². The smallest absolute Gasteiger partial charge is 0.246 e. The van der Waals surface area contributed by atoms with E-state index in [-0.39, 0.29) is 12.0 Å². The molecule has 144 valence electrons. The van der Waals surface area contributed by atoms with Crippen molar-refractivity contribution in [3.05, 3.63) is 72.1 Å². The fraction of sp³-hybridized carbons (Fsp3) is 0.304. The molecule has 0 aliphatic carbocycles. The quantitative estimate of drug-likeness (QED) is 0.820. The van der Waals surface area contributed by atoms with E-state index in [1.54, 1.807) is 12.3 Å². The fourth-order valence-electron chi connectivity index (χ4n) is 3.64. The van der Waals surface area contributed by atoms with Crippen LogP contribution in [0.5, 0.6) is 5.75 Å². The molecule has 2 aliphatic heterocycles. The lowest BCUT2D eigenvalue weighted by atomic mass is 10.0. The van der Waals surface area contributed by atoms with E-state index in [1.165, 1.54) is 0 Å². The summed E-state index contributed by atoms with van der Waals surface area (Å²) in [4.78, 5) is 19.0. The lowest BCUT2D eigenvalue weighted by Crippen LogP contribution is -2.43. The summed E-state index contributed by atoms with van der Waals surface area (Å²) in [6.07, 6.45) is 9.07. The molecule has 1 fully saturated rings. The second-order valence-electron chi connectivity index (χ2n) is 7.32. The van der Waals surface area contributed by atoms with E-state index in [4.69, 9.17) is 4.74 Å². The molecule has 3 heterocycles. The van der Waals surface area contributed by atoms with Gasteiger partial charge in [-0.3, -0.25) is 4.79 Å². The number of amides is 1. The second kappa shape index (κ2) is 8.30. The summed E-state index contributed by atoms with van der Waals surface area (Å²) < 4.78 is 6.03. The number of nitrogens with zero attached hydrogens (tertiary/aromatic N) is 2. The van der Waals surface area contributed by atoms with Crippen molar-refractivity contribution in [1.29, 1.82) is 0 Å². The van der Waals surface area contributed by atoms with Crippen LogP contribution in [0.3, 0.4) is 0 Å². The van der Waals surface area contributed by atoms with Gasteiger partial charge >= 0.3 is 0 Å². The Morgan fingerprint density at radius 2 is 2.14 bits per heavy atom. The Morgan fingerprint density at radius 1 is 1.29 bits per heavy atom. The van der Waals surface area contributed by atoms with Gasteiger partial charge in [-0.15, -0.1) is 0 Å². The number of para-hydroxylation sites is 1. The molecule has 1 unspecified atom stereocenters. The summed E-state index contributed by atoms with van der Waals surface area (Å²) in [5.41, 5.74) is 3.10. The highest BCUT2D eigenvalue weighted by Gasteiger charge is 2.23. The van der Waals surface area contributed by atoms with Crippen LogP contribution in [0.4, 0.5) is 5.82 Å². The van der Waals surface area contributed by atoms with Crippen LogP contribution in [0.2, 0.25) is 0 Å². The summed E-state index contributed by atoms with van der Waals surface area (Å²) in [5, 5.41) is 3.21. The number of likely N-dealkylation sites (tertiary alicyclic amines) is 1. The number of allylic oxidation sites excluding steroid dienone is 1. The highest BCUT2D eigenvalue weighted by Crippen LogP contribution is 2.25. The summed E-state index contributed by atoms with van der Waals surface area (Å²) in [5.74, 6) is 1.75. The third kappa shape index (κ3) is 4.42. The topological polar surface area (TPSA) is 54.5 Å². The zero-order valence-corrected chi connectivity index (χ0v) is 15.9. The molecule has 1 saturated heterocycles. The van der Waals surface area contributed by atoms with Crippen molar-refractivity contribution in [3.63, 3.8) is 0 Å². The number of hydrogen-bond donors (Lipinski definition) is 1. The minimum atomic E-state index is 0.0191. The lowest BCUT2D eigenvalue weighted by Gasteiger charge is -2.32. The molecule has 2 aromatic rings. The van der Waals surface area contributed by atoms with Crippen LogP contribution in [0.25, 0.3) is 6.08 Å². The fourth-order valence-corrected chi connectivity index (χ4v) is 3.64. The van der Waals surface area contributed by atoms with E-state index >= 15 is 0 Å². The van der Waals surface area contributed by atoms with Crippen molar-refractivity contribution >= 4 is 17.8 Å². The van der Waals surface area contributed by atoms with Gasteiger partial charge in [-0.05, 0) is 61.1 Å². The van der Waals surface area contributed by atoms with Crippen LogP contribution < -0.4 is 10.1 Å². The first-order valence-corrected chi connectivity index (χ1v) is 9.80. The summed E-state index contributed by atoms with van der Waals surface area (Å²) >= 11 is 0. The Kier molecular flexibility index (Phi) is 5.42. The number of rotatable bonds is 4. The van der Waals surface area contributed by atoms with Crippen molar-refractivity contribution < 1.29 is 9.53 Å². The molecular formula is C23H25N3O2. The number of benzene rings is 1. The van der Waals surface area contributed by atoms with Crippen molar-refractivity contribution in [2.75, 3.05) is 18.4 Å². The van der Waals surface area contributed by atoms with Gasteiger partial charge in [0, 0.05) is 24.5 Å². The standard InChI is InChI=1S/C23H25N3O2/c1-17-9-11-19-14-18(15-24-23(19)25-17)10-12-22(27)26-13-5-8-21(16-26)28-20-6-3-2-4-7-20/h2-4,6-7,10,12,14-15,21H,1,5,8-9,11,13,16H2,(H,24,25)/b12-10+. The minimum absolute atomic E-state index is 0.0191. The number of ether oxygens (including phenoxy) is 1. The molecule has 2 aliphatic rings. The van der Waals surface area contributed by atoms with E-state index < -0.39 is 0 Å². The number of carbonyl (C=O) groups is 1. The molecule has 0 radical (unpaired) electrons. The first-order valence-electron chi connectivity index (χ1n) is 9.80. The number of anilines is 1. The predicted molar refractivity (Wildman–Crippen MR) is 111 cm³/mol. The number of aryl methyl sites for hydroxylation is 1. The molecule has 1 N–H and O–H groups in total. The van der Waals surface area contributed by atoms with Gasteiger partial charge in [-0.25, -0.2) is 4.98 Å². The van der Waals surface area contributed by atoms with Gasteiger partial charge in [-0.2, -0.15) is 0 Å². The number of fused-ring (bicyclic) bond motifs is 1. The Morgan fingerprint density at radius 3 is 3.00 bits per heavy atom. The van der Waals surface area contributed by atoms with E-state index in [9.17, 15) is 4.79 Å². The maximum Gasteiger partial charge on any atom is 0.246 e. The molecule has 5 heteroatoms. The molecule has 0 spiro atoms. The number of piperidine rings is 1. The molecule has 28 heavy (non-hydrogen) atoms. The van der Waals surface area contributed by atoms with Gasteiger partial charge < -0.3 is 15.0 Å². The normalized spacial score (nSPS) is 19.2. The van der Waals surface area contributed by atoms with Crippen LogP contribution in [0, 0.1) is 0 Å². The van der Waals surface area contributed by atoms with Crippen molar-refractivity contribution in [1.82, 2.24) is 9.88 Å². The largest absolute Gasteiger partial charge is 0.489 e. The van der Waals surface area contributed by atoms with E-state index in [0.29, 0.717) is 6.54 Å². The van der Waals surface area contributed by atoms with E-state index in [2.05, 4.69) is 22.9 Å². The number of hydrogen-bond acceptors (Lipinski definition) is 4. The molecule has 1 atom stereocenters. The maximum atomic E-state index is 12.6. The zero-order chi connectivity index (χ0) is 19.3. The average molecular weight is 375 g/mol. The minimum Gasteiger partial charge on any atom is -0.489 e. The van der Waals surface area contributed by atoms with Gasteiger partial charge in [0.15, 0.2) is 0 Å². The third-order valence-corrected chi connectivity index (χ3v) is 5.13. The molecule has 1 aromatic carbocycles. The number of nitrogens with one attached hydrogen (secondary N) is 1. The Hall–Kier alpha value is -3.08. The first kappa shape index (κ1) is 18.3. The summed E-state index contributed by atoms with van der Waals surface area (Å²) in [7, 11) is 0. The van der Waals surface area contributed by atoms with Crippen molar-refractivity contribution in [2.45, 2.75) is 31.8 Å².